The van der Waals surface area contributed by atoms with Crippen LogP contribution in [0, 0.1) is 0 Å². The van der Waals surface area contributed by atoms with Crippen LogP contribution in [0.3, 0.4) is 0 Å². The van der Waals surface area contributed by atoms with Crippen LogP contribution in [0.2, 0.25) is 5.02 Å². The number of halogens is 1. The highest BCUT2D eigenvalue weighted by Gasteiger charge is 2.21. The van der Waals surface area contributed by atoms with Gasteiger partial charge in [-0.1, -0.05) is 35.9 Å². The van der Waals surface area contributed by atoms with Gasteiger partial charge in [0.1, 0.15) is 5.75 Å². The van der Waals surface area contributed by atoms with Crippen molar-refractivity contribution in [3.63, 3.8) is 0 Å². The van der Waals surface area contributed by atoms with Gasteiger partial charge in [0.2, 0.25) is 0 Å². The van der Waals surface area contributed by atoms with Crippen LogP contribution in [0.5, 0.6) is 5.75 Å². The predicted molar refractivity (Wildman–Crippen MR) is 81.2 cm³/mol. The van der Waals surface area contributed by atoms with Gasteiger partial charge in [0.25, 0.3) is 0 Å². The van der Waals surface area contributed by atoms with Crippen molar-refractivity contribution < 1.29 is 9.84 Å². The maximum atomic E-state index is 10.5. The van der Waals surface area contributed by atoms with Gasteiger partial charge in [-0.2, -0.15) is 0 Å². The number of nitrogens with two attached hydrogens (primary N) is 1. The summed E-state index contributed by atoms with van der Waals surface area (Å²) in [7, 11) is 1.62. The summed E-state index contributed by atoms with van der Waals surface area (Å²) in [5.74, 6) is 0.565. The topological polar surface area (TPSA) is 55.5 Å². The molecule has 0 radical (unpaired) electrons. The molecule has 0 aliphatic heterocycles. The third-order valence-corrected chi connectivity index (χ3v) is 3.62. The molecule has 2 aromatic carbocycles. The molecule has 3 N–H and O–H groups in total. The minimum absolute atomic E-state index is 0.189. The van der Waals surface area contributed by atoms with Crippen LogP contribution in [-0.2, 0) is 0 Å². The number of rotatable bonds is 5. The molecule has 0 saturated heterocycles. The van der Waals surface area contributed by atoms with E-state index in [1.54, 1.807) is 19.2 Å². The van der Waals surface area contributed by atoms with Crippen molar-refractivity contribution >= 4 is 11.6 Å². The first kappa shape index (κ1) is 14.9. The predicted octanol–water partition coefficient (Wildman–Crippen LogP) is 3.12. The summed E-state index contributed by atoms with van der Waals surface area (Å²) < 4.78 is 5.21. The lowest BCUT2D eigenvalue weighted by atomic mass is 9.89. The Morgan fingerprint density at radius 3 is 2.45 bits per heavy atom. The summed E-state index contributed by atoms with van der Waals surface area (Å²) in [5.41, 5.74) is 7.59. The van der Waals surface area contributed by atoms with Crippen molar-refractivity contribution in [1.82, 2.24) is 0 Å². The number of hydrogen-bond donors (Lipinski definition) is 2. The molecule has 0 aliphatic rings. The van der Waals surface area contributed by atoms with Crippen LogP contribution >= 0.6 is 11.6 Å². The van der Waals surface area contributed by atoms with Crippen LogP contribution in [0.25, 0.3) is 0 Å². The van der Waals surface area contributed by atoms with Crippen LogP contribution in [-0.4, -0.2) is 18.8 Å². The molecule has 0 heterocycles. The Balaban J connectivity index is 2.28. The molecule has 2 unspecified atom stereocenters. The van der Waals surface area contributed by atoms with Gasteiger partial charge in [-0.25, -0.2) is 0 Å². The Bertz CT molecular complexity index is 557. The summed E-state index contributed by atoms with van der Waals surface area (Å²) in [4.78, 5) is 0. The smallest absolute Gasteiger partial charge is 0.119 e. The van der Waals surface area contributed by atoms with Gasteiger partial charge in [-0.15, -0.1) is 0 Å². The van der Waals surface area contributed by atoms with Crippen LogP contribution in [0.4, 0.5) is 0 Å². The van der Waals surface area contributed by atoms with E-state index in [1.165, 1.54) is 0 Å². The van der Waals surface area contributed by atoms with Gasteiger partial charge in [0, 0.05) is 17.5 Å². The fraction of sp³-hybridized carbons (Fsp3) is 0.250. The fourth-order valence-electron chi connectivity index (χ4n) is 2.21. The van der Waals surface area contributed by atoms with Crippen molar-refractivity contribution in [1.29, 1.82) is 0 Å². The maximum Gasteiger partial charge on any atom is 0.119 e. The van der Waals surface area contributed by atoms with E-state index in [2.05, 4.69) is 0 Å². The molecule has 2 aromatic rings. The Morgan fingerprint density at radius 2 is 1.85 bits per heavy atom. The monoisotopic (exact) mass is 291 g/mol. The number of methoxy groups -OCH3 is 1. The van der Waals surface area contributed by atoms with Gasteiger partial charge in [0.05, 0.1) is 13.2 Å². The number of aliphatic hydroxyl groups is 1. The molecule has 4 heteroatoms. The van der Waals surface area contributed by atoms with E-state index in [9.17, 15) is 5.11 Å². The van der Waals surface area contributed by atoms with E-state index in [-0.39, 0.29) is 5.92 Å². The Kier molecular flexibility index (Phi) is 5.01. The van der Waals surface area contributed by atoms with Crippen molar-refractivity contribution in [2.75, 3.05) is 13.7 Å². The van der Waals surface area contributed by atoms with Gasteiger partial charge in [-0.3, -0.25) is 0 Å². The number of aliphatic hydroxyl groups excluding tert-OH is 1. The van der Waals surface area contributed by atoms with E-state index in [4.69, 9.17) is 22.1 Å². The van der Waals surface area contributed by atoms with Crippen molar-refractivity contribution in [3.8, 4) is 5.75 Å². The molecule has 2 atom stereocenters. The average molecular weight is 292 g/mol. The van der Waals surface area contributed by atoms with E-state index < -0.39 is 6.10 Å². The molecule has 20 heavy (non-hydrogen) atoms. The van der Waals surface area contributed by atoms with Crippen molar-refractivity contribution in [3.05, 3.63) is 64.7 Å². The SMILES string of the molecule is COc1cccc(C(CN)C(O)c2ccc(Cl)cc2)c1. The molecule has 0 bridgehead atoms. The molecular formula is C16H18ClNO2. The lowest BCUT2D eigenvalue weighted by Crippen LogP contribution is -2.20. The van der Waals surface area contributed by atoms with E-state index in [0.29, 0.717) is 11.6 Å². The number of ether oxygens (including phenoxy) is 1. The average Bonchev–Trinajstić information content (AvgIpc) is 2.49. The van der Waals surface area contributed by atoms with Crippen LogP contribution in [0.15, 0.2) is 48.5 Å². The summed E-state index contributed by atoms with van der Waals surface area (Å²) in [6.45, 7) is 0.344. The molecule has 2 rings (SSSR count). The zero-order valence-corrected chi connectivity index (χ0v) is 12.0. The summed E-state index contributed by atoms with van der Waals surface area (Å²) >= 11 is 5.86. The van der Waals surface area contributed by atoms with Crippen LogP contribution in [0.1, 0.15) is 23.1 Å². The quantitative estimate of drug-likeness (QED) is 0.890. The maximum absolute atomic E-state index is 10.5. The summed E-state index contributed by atoms with van der Waals surface area (Å²) in [5, 5.41) is 11.2. The van der Waals surface area contributed by atoms with Crippen LogP contribution < -0.4 is 10.5 Å². The normalized spacial score (nSPS) is 13.8. The first-order valence-corrected chi connectivity index (χ1v) is 6.81. The highest BCUT2D eigenvalue weighted by Crippen LogP contribution is 2.32. The molecular weight excluding hydrogens is 274 g/mol. The number of benzene rings is 2. The van der Waals surface area contributed by atoms with Crippen molar-refractivity contribution in [2.24, 2.45) is 5.73 Å². The van der Waals surface area contributed by atoms with Gasteiger partial charge < -0.3 is 15.6 Å². The minimum Gasteiger partial charge on any atom is -0.497 e. The minimum atomic E-state index is -0.677. The zero-order chi connectivity index (χ0) is 14.5. The molecule has 106 valence electrons. The lowest BCUT2D eigenvalue weighted by Gasteiger charge is -2.22. The third-order valence-electron chi connectivity index (χ3n) is 3.37. The first-order chi connectivity index (χ1) is 9.65. The molecule has 0 aliphatic carbocycles. The molecule has 0 amide bonds. The molecule has 0 fully saturated rings. The summed E-state index contributed by atoms with van der Waals surface area (Å²) in [6.07, 6.45) is -0.677. The lowest BCUT2D eigenvalue weighted by molar-refractivity contribution is 0.147. The highest BCUT2D eigenvalue weighted by atomic mass is 35.5. The second-order valence-corrected chi connectivity index (χ2v) is 5.05. The Morgan fingerprint density at radius 1 is 1.15 bits per heavy atom. The molecule has 0 spiro atoms. The second-order valence-electron chi connectivity index (χ2n) is 4.62. The number of hydrogen-bond acceptors (Lipinski definition) is 3. The van der Waals surface area contributed by atoms with Crippen molar-refractivity contribution in [2.45, 2.75) is 12.0 Å². The van der Waals surface area contributed by atoms with Gasteiger partial charge >= 0.3 is 0 Å². The zero-order valence-electron chi connectivity index (χ0n) is 11.3. The standard InChI is InChI=1S/C16H18ClNO2/c1-20-14-4-2-3-12(9-14)15(10-18)16(19)11-5-7-13(17)8-6-11/h2-9,15-16,19H,10,18H2,1H3. The molecule has 0 saturated carbocycles. The van der Waals surface area contributed by atoms with E-state index >= 15 is 0 Å². The Hall–Kier alpha value is -1.55. The third kappa shape index (κ3) is 3.31. The first-order valence-electron chi connectivity index (χ1n) is 6.43. The van der Waals surface area contributed by atoms with E-state index in [1.807, 2.05) is 36.4 Å². The highest BCUT2D eigenvalue weighted by molar-refractivity contribution is 6.30. The fourth-order valence-corrected chi connectivity index (χ4v) is 2.34. The second kappa shape index (κ2) is 6.75. The Labute approximate surface area is 123 Å². The van der Waals surface area contributed by atoms with Gasteiger partial charge in [0.15, 0.2) is 0 Å². The van der Waals surface area contributed by atoms with Gasteiger partial charge in [-0.05, 0) is 35.4 Å². The molecule has 0 aromatic heterocycles. The molecule has 3 nitrogen and oxygen atoms in total. The summed E-state index contributed by atoms with van der Waals surface area (Å²) in [6, 6.07) is 14.8. The van der Waals surface area contributed by atoms with E-state index in [0.717, 1.165) is 16.9 Å². The largest absolute Gasteiger partial charge is 0.497 e.